The first-order valence-electron chi connectivity index (χ1n) is 6.65. The molecule has 2 aromatic rings. The number of aliphatic hydroxyl groups excluding tert-OH is 1. The summed E-state index contributed by atoms with van der Waals surface area (Å²) in [6.45, 7) is 3.78. The van der Waals surface area contributed by atoms with E-state index in [0.29, 0.717) is 5.56 Å². The maximum Gasteiger partial charge on any atom is 0.311 e. The first-order chi connectivity index (χ1) is 9.56. The van der Waals surface area contributed by atoms with Crippen molar-refractivity contribution in [2.75, 3.05) is 7.11 Å². The van der Waals surface area contributed by atoms with Gasteiger partial charge in [0.15, 0.2) is 0 Å². The van der Waals surface area contributed by atoms with E-state index >= 15 is 0 Å². The number of para-hydroxylation sites is 1. The number of carbonyl (C=O) groups is 1. The van der Waals surface area contributed by atoms with Crippen LogP contribution in [-0.2, 0) is 9.53 Å². The van der Waals surface area contributed by atoms with Gasteiger partial charge in [0.2, 0.25) is 0 Å². The highest BCUT2D eigenvalue weighted by molar-refractivity contribution is 5.83. The quantitative estimate of drug-likeness (QED) is 0.870. The van der Waals surface area contributed by atoms with Crippen LogP contribution in [0.3, 0.4) is 0 Å². The smallest absolute Gasteiger partial charge is 0.311 e. The number of benzene rings is 1. The van der Waals surface area contributed by atoms with Gasteiger partial charge in [-0.3, -0.25) is 9.78 Å². The van der Waals surface area contributed by atoms with E-state index in [9.17, 15) is 9.90 Å². The number of rotatable bonds is 4. The van der Waals surface area contributed by atoms with E-state index < -0.39 is 18.0 Å². The summed E-state index contributed by atoms with van der Waals surface area (Å²) in [6.07, 6.45) is 0.752. The van der Waals surface area contributed by atoms with Crippen molar-refractivity contribution in [2.45, 2.75) is 20.0 Å². The molecular formula is C16H19NO3. The van der Waals surface area contributed by atoms with Crippen molar-refractivity contribution in [3.05, 3.63) is 42.1 Å². The third-order valence-electron chi connectivity index (χ3n) is 3.51. The molecule has 0 bridgehead atoms. The van der Waals surface area contributed by atoms with Gasteiger partial charge in [0, 0.05) is 17.1 Å². The number of nitrogens with zero attached hydrogens (tertiary/aromatic N) is 1. The predicted octanol–water partition coefficient (Wildman–Crippen LogP) is 2.71. The van der Waals surface area contributed by atoms with Crippen LogP contribution >= 0.6 is 0 Å². The van der Waals surface area contributed by atoms with Crippen molar-refractivity contribution in [1.29, 1.82) is 0 Å². The Morgan fingerprint density at radius 1 is 1.25 bits per heavy atom. The molecule has 0 aliphatic heterocycles. The molecule has 1 N–H and O–H groups in total. The molecule has 2 atom stereocenters. The molecule has 0 aliphatic carbocycles. The number of aliphatic hydroxyl groups is 1. The SMILES string of the molecule is COC(=O)C(C(C)C)C(O)c1cccc2cccnc12. The van der Waals surface area contributed by atoms with Crippen LogP contribution in [0.4, 0.5) is 0 Å². The predicted molar refractivity (Wildman–Crippen MR) is 77.0 cm³/mol. The summed E-state index contributed by atoms with van der Waals surface area (Å²) >= 11 is 0. The lowest BCUT2D eigenvalue weighted by atomic mass is 9.86. The van der Waals surface area contributed by atoms with Crippen LogP contribution in [0.15, 0.2) is 36.5 Å². The normalized spacial score (nSPS) is 14.2. The minimum Gasteiger partial charge on any atom is -0.469 e. The summed E-state index contributed by atoms with van der Waals surface area (Å²) in [6, 6.07) is 9.37. The molecule has 4 heteroatoms. The van der Waals surface area contributed by atoms with Crippen LogP contribution in [0, 0.1) is 11.8 Å². The van der Waals surface area contributed by atoms with Gasteiger partial charge in [0.05, 0.1) is 24.6 Å². The zero-order chi connectivity index (χ0) is 14.7. The standard InChI is InChI=1S/C16H19NO3/c1-10(2)13(16(19)20-3)15(18)12-8-4-6-11-7-5-9-17-14(11)12/h4-10,13,15,18H,1-3H3. The van der Waals surface area contributed by atoms with E-state index in [2.05, 4.69) is 4.98 Å². The van der Waals surface area contributed by atoms with Gasteiger partial charge in [-0.25, -0.2) is 0 Å². The first-order valence-corrected chi connectivity index (χ1v) is 6.65. The number of aromatic nitrogens is 1. The molecule has 1 aromatic carbocycles. The second-order valence-electron chi connectivity index (χ2n) is 5.16. The molecule has 0 amide bonds. The van der Waals surface area contributed by atoms with Crippen molar-refractivity contribution in [3.63, 3.8) is 0 Å². The average Bonchev–Trinajstić information content (AvgIpc) is 2.46. The average molecular weight is 273 g/mol. The second-order valence-corrected chi connectivity index (χ2v) is 5.16. The van der Waals surface area contributed by atoms with Gasteiger partial charge in [-0.15, -0.1) is 0 Å². The van der Waals surface area contributed by atoms with Gasteiger partial charge in [-0.2, -0.15) is 0 Å². The summed E-state index contributed by atoms with van der Waals surface area (Å²) in [5, 5.41) is 11.6. The summed E-state index contributed by atoms with van der Waals surface area (Å²) in [4.78, 5) is 16.2. The highest BCUT2D eigenvalue weighted by Crippen LogP contribution is 2.32. The first kappa shape index (κ1) is 14.5. The number of carbonyl (C=O) groups excluding carboxylic acids is 1. The van der Waals surface area contributed by atoms with E-state index in [-0.39, 0.29) is 5.92 Å². The summed E-state index contributed by atoms with van der Waals surface area (Å²) in [7, 11) is 1.34. The van der Waals surface area contributed by atoms with Gasteiger partial charge in [-0.1, -0.05) is 38.1 Å². The maximum atomic E-state index is 11.9. The van der Waals surface area contributed by atoms with Gasteiger partial charge in [0.1, 0.15) is 0 Å². The summed E-state index contributed by atoms with van der Waals surface area (Å²) < 4.78 is 4.81. The fourth-order valence-electron chi connectivity index (χ4n) is 2.46. The molecular weight excluding hydrogens is 254 g/mol. The van der Waals surface area contributed by atoms with Crippen LogP contribution in [0.2, 0.25) is 0 Å². The highest BCUT2D eigenvalue weighted by atomic mass is 16.5. The fraction of sp³-hybridized carbons (Fsp3) is 0.375. The molecule has 0 radical (unpaired) electrons. The van der Waals surface area contributed by atoms with Crippen LogP contribution in [0.25, 0.3) is 10.9 Å². The second kappa shape index (κ2) is 6.01. The van der Waals surface area contributed by atoms with E-state index in [1.807, 2.05) is 38.1 Å². The molecule has 2 rings (SSSR count). The van der Waals surface area contributed by atoms with Crippen LogP contribution < -0.4 is 0 Å². The van der Waals surface area contributed by atoms with Crippen molar-refractivity contribution in [1.82, 2.24) is 4.98 Å². The molecule has 0 saturated carbocycles. The third kappa shape index (κ3) is 2.65. The highest BCUT2D eigenvalue weighted by Gasteiger charge is 2.32. The zero-order valence-electron chi connectivity index (χ0n) is 11.9. The number of fused-ring (bicyclic) bond motifs is 1. The Morgan fingerprint density at radius 2 is 1.95 bits per heavy atom. The van der Waals surface area contributed by atoms with Crippen LogP contribution in [0.5, 0.6) is 0 Å². The van der Waals surface area contributed by atoms with Crippen LogP contribution in [0.1, 0.15) is 25.5 Å². The van der Waals surface area contributed by atoms with E-state index in [1.165, 1.54) is 7.11 Å². The van der Waals surface area contributed by atoms with Gasteiger partial charge in [0.25, 0.3) is 0 Å². The van der Waals surface area contributed by atoms with Crippen molar-refractivity contribution >= 4 is 16.9 Å². The summed E-state index contributed by atoms with van der Waals surface area (Å²) in [5.74, 6) is -1.04. The Balaban J connectivity index is 2.49. The van der Waals surface area contributed by atoms with Crippen molar-refractivity contribution in [3.8, 4) is 0 Å². The van der Waals surface area contributed by atoms with E-state index in [0.717, 1.165) is 10.9 Å². The number of hydrogen-bond acceptors (Lipinski definition) is 4. The molecule has 20 heavy (non-hydrogen) atoms. The minimum absolute atomic E-state index is 0.0311. The maximum absolute atomic E-state index is 11.9. The van der Waals surface area contributed by atoms with E-state index in [4.69, 9.17) is 4.74 Å². The fourth-order valence-corrected chi connectivity index (χ4v) is 2.46. The topological polar surface area (TPSA) is 59.4 Å². The van der Waals surface area contributed by atoms with Crippen molar-refractivity contribution < 1.29 is 14.6 Å². The molecule has 0 spiro atoms. The Labute approximate surface area is 118 Å². The monoisotopic (exact) mass is 273 g/mol. The molecule has 106 valence electrons. The molecule has 0 fully saturated rings. The molecule has 0 saturated heterocycles. The van der Waals surface area contributed by atoms with Crippen LogP contribution in [-0.4, -0.2) is 23.2 Å². The number of pyridine rings is 1. The molecule has 0 aliphatic rings. The molecule has 4 nitrogen and oxygen atoms in total. The van der Waals surface area contributed by atoms with Crippen molar-refractivity contribution in [2.24, 2.45) is 11.8 Å². The lowest BCUT2D eigenvalue weighted by molar-refractivity contribution is -0.151. The van der Waals surface area contributed by atoms with E-state index in [1.54, 1.807) is 12.3 Å². The third-order valence-corrected chi connectivity index (χ3v) is 3.51. The molecule has 1 aromatic heterocycles. The zero-order valence-corrected chi connectivity index (χ0v) is 11.9. The Bertz CT molecular complexity index is 604. The van der Waals surface area contributed by atoms with Gasteiger partial charge < -0.3 is 9.84 Å². The van der Waals surface area contributed by atoms with Gasteiger partial charge >= 0.3 is 5.97 Å². The molecule has 2 unspecified atom stereocenters. The molecule has 1 heterocycles. The number of methoxy groups -OCH3 is 1. The Morgan fingerprint density at radius 3 is 2.60 bits per heavy atom. The lowest BCUT2D eigenvalue weighted by Gasteiger charge is -2.24. The number of ether oxygens (including phenoxy) is 1. The number of hydrogen-bond donors (Lipinski definition) is 1. The van der Waals surface area contributed by atoms with Gasteiger partial charge in [-0.05, 0) is 12.0 Å². The lowest BCUT2D eigenvalue weighted by Crippen LogP contribution is -2.28. The minimum atomic E-state index is -0.930. The Kier molecular flexibility index (Phi) is 4.35. The number of esters is 1. The Hall–Kier alpha value is -1.94. The summed E-state index contributed by atoms with van der Waals surface area (Å²) in [5.41, 5.74) is 1.38. The largest absolute Gasteiger partial charge is 0.469 e.